The number of H-pyrrole nitrogens is 1. The number of carbonyl (C=O) groups is 1. The molecular weight excluding hydrogens is 383 g/mol. The number of rotatable bonds is 4. The molecule has 0 radical (unpaired) electrons. The van der Waals surface area contributed by atoms with E-state index in [0.717, 1.165) is 24.9 Å². The van der Waals surface area contributed by atoms with Gasteiger partial charge in [0.05, 0.1) is 21.3 Å². The Hall–Kier alpha value is -1.41. The van der Waals surface area contributed by atoms with Gasteiger partial charge in [-0.15, -0.1) is 0 Å². The molecule has 4 nitrogen and oxygen atoms in total. The summed E-state index contributed by atoms with van der Waals surface area (Å²) in [6.07, 6.45) is 0.309. The zero-order valence-electron chi connectivity index (χ0n) is 12.6. The lowest BCUT2D eigenvalue weighted by atomic mass is 10.2. The van der Waals surface area contributed by atoms with E-state index in [2.05, 4.69) is 0 Å². The molecular formula is C15H13Cl2F2NO3S. The summed E-state index contributed by atoms with van der Waals surface area (Å²) in [5, 5.41) is 7.58. The zero-order valence-corrected chi connectivity index (χ0v) is 14.9. The van der Waals surface area contributed by atoms with Crippen LogP contribution < -0.4 is 5.56 Å². The summed E-state index contributed by atoms with van der Waals surface area (Å²) < 4.78 is 26.9. The third-order valence-electron chi connectivity index (χ3n) is 2.76. The number of carbonyl (C=O) groups excluding carboxylic acids is 1. The number of hydrogen-bond acceptors (Lipinski definition) is 4. The average molecular weight is 396 g/mol. The summed E-state index contributed by atoms with van der Waals surface area (Å²) in [7, 11) is 1.00. The molecule has 0 bridgehead atoms. The Morgan fingerprint density at radius 1 is 1.25 bits per heavy atom. The molecule has 24 heavy (non-hydrogen) atoms. The fourth-order valence-electron chi connectivity index (χ4n) is 1.67. The molecule has 0 aliphatic heterocycles. The number of nitrogens with one attached hydrogen (secondary N) is 1. The van der Waals surface area contributed by atoms with Crippen molar-refractivity contribution in [1.82, 2.24) is 4.98 Å². The van der Waals surface area contributed by atoms with Crippen molar-refractivity contribution >= 4 is 41.2 Å². The van der Waals surface area contributed by atoms with Gasteiger partial charge in [-0.05, 0) is 18.2 Å². The van der Waals surface area contributed by atoms with Gasteiger partial charge in [0.1, 0.15) is 0 Å². The molecule has 0 fully saturated rings. The van der Waals surface area contributed by atoms with Crippen LogP contribution in [0.3, 0.4) is 0 Å². The molecule has 1 aromatic heterocycles. The van der Waals surface area contributed by atoms with Crippen LogP contribution in [0.1, 0.15) is 23.0 Å². The van der Waals surface area contributed by atoms with Crippen LogP contribution >= 0.6 is 35.0 Å². The van der Waals surface area contributed by atoms with E-state index in [0.29, 0.717) is 28.2 Å². The number of hydrogen-bond donors (Lipinski definition) is 2. The topological polar surface area (TPSA) is 70.2 Å². The van der Waals surface area contributed by atoms with Crippen LogP contribution in [0.2, 0.25) is 10.0 Å². The van der Waals surface area contributed by atoms with Gasteiger partial charge in [-0.1, -0.05) is 41.0 Å². The Morgan fingerprint density at radius 2 is 1.79 bits per heavy atom. The van der Waals surface area contributed by atoms with E-state index < -0.39 is 17.2 Å². The molecule has 1 heterocycles. The van der Waals surface area contributed by atoms with E-state index in [-0.39, 0.29) is 10.5 Å². The van der Waals surface area contributed by atoms with Gasteiger partial charge in [-0.25, -0.2) is 8.78 Å². The molecule has 0 saturated carbocycles. The maximum atomic E-state index is 13.4. The molecule has 0 amide bonds. The average Bonchev–Trinajstić information content (AvgIpc) is 2.52. The monoisotopic (exact) mass is 395 g/mol. The lowest BCUT2D eigenvalue weighted by Gasteiger charge is -2.13. The second-order valence-corrected chi connectivity index (χ2v) is 6.32. The molecule has 1 aromatic carbocycles. The smallest absolute Gasteiger partial charge is 0.284 e. The summed E-state index contributed by atoms with van der Waals surface area (Å²) in [4.78, 5) is 25.3. The van der Waals surface area contributed by atoms with Crippen molar-refractivity contribution in [2.24, 2.45) is 0 Å². The number of aliphatic hydroxyl groups is 1. The van der Waals surface area contributed by atoms with Gasteiger partial charge in [0, 0.05) is 23.8 Å². The molecule has 2 rings (SSSR count). The molecule has 0 spiro atoms. The van der Waals surface area contributed by atoms with Gasteiger partial charge in [0.15, 0.2) is 6.29 Å². The SMILES string of the molecule is CC(F)(F)c1cc(Sc2c(Cl)cccc2Cl)c(C=O)c(=O)[nH]1.CO. The lowest BCUT2D eigenvalue weighted by molar-refractivity contribution is 0.0122. The molecule has 0 aliphatic rings. The van der Waals surface area contributed by atoms with Gasteiger partial charge < -0.3 is 10.1 Å². The van der Waals surface area contributed by atoms with Crippen molar-refractivity contribution in [1.29, 1.82) is 0 Å². The quantitative estimate of drug-likeness (QED) is 0.754. The molecule has 2 aromatic rings. The Bertz CT molecular complexity index is 771. The maximum absolute atomic E-state index is 13.4. The van der Waals surface area contributed by atoms with Gasteiger partial charge >= 0.3 is 0 Å². The summed E-state index contributed by atoms with van der Waals surface area (Å²) in [5.41, 5.74) is -1.73. The highest BCUT2D eigenvalue weighted by molar-refractivity contribution is 7.99. The van der Waals surface area contributed by atoms with Gasteiger partial charge in [-0.2, -0.15) is 0 Å². The largest absolute Gasteiger partial charge is 0.400 e. The standard InChI is InChI=1S/C14H9Cl2F2NO2S.CH4O/c1-14(17,18)11-5-10(7(6-20)13(21)19-11)22-12-8(15)3-2-4-9(12)16;1-2/h2-6H,1H3,(H,19,21);2H,1H3. The minimum Gasteiger partial charge on any atom is -0.400 e. The van der Waals surface area contributed by atoms with E-state index in [1.54, 1.807) is 18.2 Å². The second-order valence-electron chi connectivity index (χ2n) is 4.45. The first-order valence-corrected chi connectivity index (χ1v) is 7.98. The molecule has 130 valence electrons. The van der Waals surface area contributed by atoms with Crippen LogP contribution in [-0.4, -0.2) is 23.5 Å². The van der Waals surface area contributed by atoms with E-state index in [9.17, 15) is 18.4 Å². The van der Waals surface area contributed by atoms with Crippen LogP contribution in [0.5, 0.6) is 0 Å². The third kappa shape index (κ3) is 4.80. The molecule has 0 saturated heterocycles. The van der Waals surface area contributed by atoms with E-state index in [4.69, 9.17) is 28.3 Å². The van der Waals surface area contributed by atoms with Gasteiger partial charge in [-0.3, -0.25) is 9.59 Å². The van der Waals surface area contributed by atoms with Crippen molar-refractivity contribution in [3.63, 3.8) is 0 Å². The number of alkyl halides is 2. The lowest BCUT2D eigenvalue weighted by Crippen LogP contribution is -2.21. The fraction of sp³-hybridized carbons (Fsp3) is 0.200. The zero-order chi connectivity index (χ0) is 18.5. The van der Waals surface area contributed by atoms with Crippen molar-refractivity contribution in [2.75, 3.05) is 7.11 Å². The second kappa shape index (κ2) is 8.62. The van der Waals surface area contributed by atoms with Crippen molar-refractivity contribution in [3.05, 3.63) is 55.9 Å². The molecule has 0 unspecified atom stereocenters. The van der Waals surface area contributed by atoms with Gasteiger partial charge in [0.25, 0.3) is 11.5 Å². The molecule has 0 aliphatic carbocycles. The van der Waals surface area contributed by atoms with Crippen LogP contribution in [0, 0.1) is 0 Å². The molecule has 9 heteroatoms. The number of aromatic amines is 1. The number of halogens is 4. The summed E-state index contributed by atoms with van der Waals surface area (Å²) in [6, 6.07) is 5.81. The van der Waals surface area contributed by atoms with Crippen LogP contribution in [-0.2, 0) is 5.92 Å². The number of pyridine rings is 1. The maximum Gasteiger partial charge on any atom is 0.284 e. The van der Waals surface area contributed by atoms with Crippen LogP contribution in [0.4, 0.5) is 8.78 Å². The van der Waals surface area contributed by atoms with E-state index in [1.807, 2.05) is 4.98 Å². The number of benzene rings is 1. The Morgan fingerprint density at radius 3 is 2.25 bits per heavy atom. The minimum absolute atomic E-state index is 0.0604. The number of aldehydes is 1. The highest BCUT2D eigenvalue weighted by Crippen LogP contribution is 2.40. The molecule has 2 N–H and O–H groups in total. The fourth-order valence-corrected chi connectivity index (χ4v) is 3.28. The van der Waals surface area contributed by atoms with Crippen molar-refractivity contribution in [2.45, 2.75) is 22.6 Å². The van der Waals surface area contributed by atoms with Gasteiger partial charge in [0.2, 0.25) is 0 Å². The summed E-state index contributed by atoms with van der Waals surface area (Å²) in [5.74, 6) is -3.25. The first-order valence-electron chi connectivity index (χ1n) is 6.41. The van der Waals surface area contributed by atoms with E-state index >= 15 is 0 Å². The number of aromatic nitrogens is 1. The third-order valence-corrected chi connectivity index (χ3v) is 4.81. The summed E-state index contributed by atoms with van der Waals surface area (Å²) in [6.45, 7) is 0.649. The highest BCUT2D eigenvalue weighted by Gasteiger charge is 2.27. The Balaban J connectivity index is 0.00000139. The Labute approximate surface area is 150 Å². The van der Waals surface area contributed by atoms with E-state index in [1.165, 1.54) is 0 Å². The van der Waals surface area contributed by atoms with Crippen molar-refractivity contribution < 1.29 is 18.7 Å². The van der Waals surface area contributed by atoms with Crippen LogP contribution in [0.25, 0.3) is 0 Å². The molecule has 0 atom stereocenters. The first-order chi connectivity index (χ1) is 11.2. The predicted octanol–water partition coefficient (Wildman–Crippen LogP) is 4.37. The first kappa shape index (κ1) is 20.6. The summed E-state index contributed by atoms with van der Waals surface area (Å²) >= 11 is 12.9. The normalized spacial score (nSPS) is 10.8. The minimum atomic E-state index is -3.25. The highest BCUT2D eigenvalue weighted by atomic mass is 35.5. The van der Waals surface area contributed by atoms with Crippen molar-refractivity contribution in [3.8, 4) is 0 Å². The van der Waals surface area contributed by atoms with Crippen LogP contribution in [0.15, 0.2) is 38.9 Å². The predicted molar refractivity (Wildman–Crippen MR) is 90.7 cm³/mol. The Kier molecular flexibility index (Phi) is 7.41. The number of aliphatic hydroxyl groups excluding tert-OH is 1.